The van der Waals surface area contributed by atoms with E-state index in [1.807, 2.05) is 0 Å². The van der Waals surface area contributed by atoms with E-state index in [2.05, 4.69) is 0 Å². The van der Waals surface area contributed by atoms with Gasteiger partial charge in [0.1, 0.15) is 95.7 Å². The van der Waals surface area contributed by atoms with Gasteiger partial charge in [0.25, 0.3) is 0 Å². The molecule has 0 radical (unpaired) electrons. The molecule has 4 aliphatic heterocycles. The normalized spacial score (nSPS) is 41.0. The molecule has 1 aromatic heterocycles. The third-order valence-corrected chi connectivity index (χ3v) is 11.4. The Kier molecular flexibility index (Phi) is 13.8. The Morgan fingerprint density at radius 2 is 1.10 bits per heavy atom. The Balaban J connectivity index is 1.28. The van der Waals surface area contributed by atoms with Crippen molar-refractivity contribution in [3.05, 3.63) is 40.6 Å². The number of ether oxygens (including phenoxy) is 8. The second kappa shape index (κ2) is 18.5. The van der Waals surface area contributed by atoms with Crippen LogP contribution >= 0.6 is 0 Å². The largest absolute Gasteiger partial charge is 0.507 e. The summed E-state index contributed by atoms with van der Waals surface area (Å²) < 4.78 is 51.8. The van der Waals surface area contributed by atoms with Gasteiger partial charge in [-0.15, -0.1) is 0 Å². The molecule has 7 rings (SSSR count). The number of phenolic OH excluding ortho intramolecular Hbond substituents is 3. The molecule has 3 aromatic rings. The Morgan fingerprint density at radius 3 is 1.70 bits per heavy atom. The second-order valence-corrected chi connectivity index (χ2v) is 15.8. The minimum Gasteiger partial charge on any atom is -0.507 e. The summed E-state index contributed by atoms with van der Waals surface area (Å²) in [5, 5.41) is 147. The molecule has 5 heterocycles. The molecule has 4 fully saturated rings. The van der Waals surface area contributed by atoms with Crippen molar-refractivity contribution in [1.29, 1.82) is 0 Å². The molecule has 0 aliphatic carbocycles. The highest BCUT2D eigenvalue weighted by Crippen LogP contribution is 2.41. The quantitative estimate of drug-likeness (QED) is 0.0855. The van der Waals surface area contributed by atoms with E-state index in [-0.39, 0.29) is 11.3 Å². The number of phenols is 3. The van der Waals surface area contributed by atoms with Gasteiger partial charge >= 0.3 is 0 Å². The van der Waals surface area contributed by atoms with Crippen LogP contribution < -0.4 is 14.9 Å². The number of hydrogen-bond acceptors (Lipinski definition) is 24. The summed E-state index contributed by atoms with van der Waals surface area (Å²) in [6.45, 7) is 3.38. The molecule has 0 saturated carbocycles. The smallest absolute Gasteiger partial charge is 0.239 e. The molecule has 24 nitrogen and oxygen atoms in total. The summed E-state index contributed by atoms with van der Waals surface area (Å²) in [6, 6.07) is 5.17. The third-order valence-electron chi connectivity index (χ3n) is 11.4. The first-order valence-electron chi connectivity index (χ1n) is 19.8. The Labute approximate surface area is 355 Å². The van der Waals surface area contributed by atoms with Crippen molar-refractivity contribution in [2.24, 2.45) is 0 Å². The maximum atomic E-state index is 14.5. The van der Waals surface area contributed by atoms with Gasteiger partial charge in [-0.1, -0.05) is 0 Å². The predicted molar refractivity (Wildman–Crippen MR) is 203 cm³/mol. The van der Waals surface area contributed by atoms with Crippen molar-refractivity contribution < 1.29 is 114 Å². The van der Waals surface area contributed by atoms with Crippen LogP contribution in [0.4, 0.5) is 0 Å². The summed E-state index contributed by atoms with van der Waals surface area (Å²) >= 11 is 0. The van der Waals surface area contributed by atoms with Crippen LogP contribution in [0.1, 0.15) is 20.8 Å². The summed E-state index contributed by atoms with van der Waals surface area (Å²) in [4.78, 5) is 14.5. The van der Waals surface area contributed by atoms with E-state index in [0.29, 0.717) is 0 Å². The lowest BCUT2D eigenvalue weighted by atomic mass is 9.97. The molecule has 20 atom stereocenters. The molecule has 4 saturated heterocycles. The molecule has 0 unspecified atom stereocenters. The number of hydrogen-bond donors (Lipinski definition) is 14. The summed E-state index contributed by atoms with van der Waals surface area (Å²) in [6.07, 6.45) is -33.4. The first kappa shape index (κ1) is 46.9. The molecule has 14 N–H and O–H groups in total. The average molecular weight is 903 g/mol. The number of rotatable bonds is 10. The zero-order chi connectivity index (χ0) is 45.9. The zero-order valence-corrected chi connectivity index (χ0v) is 33.5. The van der Waals surface area contributed by atoms with Gasteiger partial charge in [-0.25, -0.2) is 0 Å². The fourth-order valence-corrected chi connectivity index (χ4v) is 7.55. The number of aromatic hydroxyl groups is 3. The number of fused-ring (bicyclic) bond motifs is 1. The molecule has 0 bridgehead atoms. The molecular formula is C39H50O24. The zero-order valence-electron chi connectivity index (χ0n) is 33.5. The van der Waals surface area contributed by atoms with Crippen LogP contribution in [0.2, 0.25) is 0 Å². The lowest BCUT2D eigenvalue weighted by Gasteiger charge is -2.46. The van der Waals surface area contributed by atoms with E-state index in [1.165, 1.54) is 26.8 Å². The standard InChI is InChI=1S/C39H50O24/c1-10-21(43)26(48)30(52)36(56-10)55-9-19-24(46)29(51)35(63-38-32(54)28(50)23(45)12(3)58-38)39(61-19)62-34-25(47)20-17(42)7-14(59-37-31(53)27(49)22(44)11(2)57-37)8-18(20)60-33(34)13-4-5-15(40)16(41)6-13/h4-8,10-12,19,21-24,26-32,35-46,48-54H,9H2,1-3H3/t10-,11-,12-,19+,21-,22-,23-,24-,26+,27+,28+,29-,30+,31+,32+,35+,36+,37-,38-,39-/m0/s1. The maximum Gasteiger partial charge on any atom is 0.239 e. The molecule has 0 spiro atoms. The average Bonchev–Trinajstić information content (AvgIpc) is 3.24. The Hall–Kier alpha value is -4.03. The maximum absolute atomic E-state index is 14.5. The van der Waals surface area contributed by atoms with Crippen LogP contribution in [-0.2, 0) is 28.4 Å². The summed E-state index contributed by atoms with van der Waals surface area (Å²) in [5.74, 6) is -3.77. The van der Waals surface area contributed by atoms with Gasteiger partial charge in [0, 0.05) is 17.7 Å². The van der Waals surface area contributed by atoms with Gasteiger partial charge in [0.2, 0.25) is 23.8 Å². The van der Waals surface area contributed by atoms with Gasteiger partial charge < -0.3 is 114 Å². The molecular weight excluding hydrogens is 852 g/mol. The lowest BCUT2D eigenvalue weighted by molar-refractivity contribution is -0.360. The summed E-state index contributed by atoms with van der Waals surface area (Å²) in [5.41, 5.74) is -1.75. The topological polar surface area (TPSA) is 387 Å². The summed E-state index contributed by atoms with van der Waals surface area (Å²) in [7, 11) is 0. The minimum atomic E-state index is -2.10. The fourth-order valence-electron chi connectivity index (χ4n) is 7.55. The van der Waals surface area contributed by atoms with Gasteiger partial charge in [-0.05, 0) is 39.0 Å². The first-order valence-corrected chi connectivity index (χ1v) is 19.8. The highest BCUT2D eigenvalue weighted by molar-refractivity contribution is 5.88. The van der Waals surface area contributed by atoms with E-state index < -0.39 is 175 Å². The molecule has 350 valence electrons. The van der Waals surface area contributed by atoms with Crippen molar-refractivity contribution in [3.8, 4) is 40.1 Å². The highest BCUT2D eigenvalue weighted by Gasteiger charge is 2.52. The van der Waals surface area contributed by atoms with Crippen molar-refractivity contribution >= 4 is 11.0 Å². The van der Waals surface area contributed by atoms with Crippen LogP contribution in [0.3, 0.4) is 0 Å². The van der Waals surface area contributed by atoms with Crippen LogP contribution in [0, 0.1) is 0 Å². The Morgan fingerprint density at radius 1 is 0.540 bits per heavy atom. The SMILES string of the molecule is C[C@@H]1O[C@@H](OC[C@H]2O[C@@H](Oc3c(-c4ccc(O)c(O)c4)oc4cc(O[C@@H]5O[C@@H](C)[C@H](O)[C@@H](O)[C@H]5O)cc(O)c4c3=O)[C@H](O[C@@H]3O[C@@H](C)[C@H](O)[C@@H](O)[C@H]3O)[C@@H](O)[C@H]2O)[C@H](O)[C@H](O)[C@H]1O. The third kappa shape index (κ3) is 9.01. The molecule has 0 amide bonds. The Bertz CT molecular complexity index is 2130. The van der Waals surface area contributed by atoms with Gasteiger partial charge in [-0.3, -0.25) is 4.79 Å². The lowest BCUT2D eigenvalue weighted by Crippen LogP contribution is -2.65. The monoisotopic (exact) mass is 902 g/mol. The minimum absolute atomic E-state index is 0.161. The van der Waals surface area contributed by atoms with Crippen LogP contribution in [0.5, 0.6) is 28.7 Å². The van der Waals surface area contributed by atoms with Crippen molar-refractivity contribution in [1.82, 2.24) is 0 Å². The van der Waals surface area contributed by atoms with Crippen LogP contribution in [0.15, 0.2) is 39.5 Å². The van der Waals surface area contributed by atoms with E-state index in [4.69, 9.17) is 42.3 Å². The van der Waals surface area contributed by atoms with Crippen molar-refractivity contribution in [2.75, 3.05) is 6.61 Å². The molecule has 2 aromatic carbocycles. The number of aliphatic hydroxyl groups excluding tert-OH is 11. The van der Waals surface area contributed by atoms with Crippen LogP contribution in [-0.4, -0.2) is 201 Å². The van der Waals surface area contributed by atoms with Crippen molar-refractivity contribution in [2.45, 2.75) is 144 Å². The van der Waals surface area contributed by atoms with Gasteiger partial charge in [0.15, 0.2) is 35.9 Å². The highest BCUT2D eigenvalue weighted by atomic mass is 16.8. The number of benzene rings is 2. The van der Waals surface area contributed by atoms with E-state index in [1.54, 1.807) is 0 Å². The van der Waals surface area contributed by atoms with E-state index in [9.17, 15) is 76.3 Å². The first-order chi connectivity index (χ1) is 29.7. The van der Waals surface area contributed by atoms with Gasteiger partial charge in [-0.2, -0.15) is 0 Å². The van der Waals surface area contributed by atoms with Crippen LogP contribution in [0.25, 0.3) is 22.3 Å². The molecule has 4 aliphatic rings. The second-order valence-electron chi connectivity index (χ2n) is 15.8. The number of aliphatic hydroxyl groups is 11. The molecule has 63 heavy (non-hydrogen) atoms. The van der Waals surface area contributed by atoms with E-state index in [0.717, 1.165) is 24.3 Å². The van der Waals surface area contributed by atoms with E-state index >= 15 is 0 Å². The van der Waals surface area contributed by atoms with Crippen molar-refractivity contribution in [3.63, 3.8) is 0 Å². The molecule has 24 heteroatoms. The predicted octanol–water partition coefficient (Wildman–Crippen LogP) is -4.33. The fraction of sp³-hybridized carbons (Fsp3) is 0.615. The van der Waals surface area contributed by atoms with Gasteiger partial charge in [0.05, 0.1) is 24.9 Å².